The molecule has 106 valence electrons. The minimum Gasteiger partial charge on any atom is -0.363 e. The van der Waals surface area contributed by atoms with Crippen LogP contribution in [0.1, 0.15) is 35.7 Å². The van der Waals surface area contributed by atoms with Gasteiger partial charge >= 0.3 is 0 Å². The highest BCUT2D eigenvalue weighted by molar-refractivity contribution is 9.11. The maximum atomic E-state index is 5.78. The largest absolute Gasteiger partial charge is 0.363 e. The topological polar surface area (TPSA) is 29.3 Å². The zero-order chi connectivity index (χ0) is 14.1. The molecular weight excluding hydrogens is 332 g/mol. The number of hydrogen-bond donors (Lipinski definition) is 1. The Bertz CT molecular complexity index is 596. The lowest BCUT2D eigenvalue weighted by Gasteiger charge is -2.27. The number of halogens is 1. The maximum Gasteiger partial charge on any atom is 0.0702 e. The summed E-state index contributed by atoms with van der Waals surface area (Å²) in [5.41, 5.74) is 8.62. The number of nitrogens with two attached hydrogens (primary N) is 1. The molecule has 0 saturated heterocycles. The zero-order valence-corrected chi connectivity index (χ0v) is 14.0. The summed E-state index contributed by atoms with van der Waals surface area (Å²) in [5, 5.41) is 0. The first-order valence-corrected chi connectivity index (χ1v) is 8.62. The molecule has 1 aromatic carbocycles. The minimum atomic E-state index is 0.412. The van der Waals surface area contributed by atoms with Crippen molar-refractivity contribution in [3.63, 3.8) is 0 Å². The van der Waals surface area contributed by atoms with Gasteiger partial charge in [-0.15, -0.1) is 11.3 Å². The fourth-order valence-electron chi connectivity index (χ4n) is 3.05. The lowest BCUT2D eigenvalue weighted by atomic mass is 9.98. The van der Waals surface area contributed by atoms with Gasteiger partial charge in [0.2, 0.25) is 0 Å². The molecular formula is C16H19BrN2S. The van der Waals surface area contributed by atoms with E-state index in [2.05, 4.69) is 64.2 Å². The van der Waals surface area contributed by atoms with Crippen molar-refractivity contribution < 1.29 is 0 Å². The van der Waals surface area contributed by atoms with Crippen molar-refractivity contribution in [3.05, 3.63) is 50.6 Å². The van der Waals surface area contributed by atoms with E-state index in [0.29, 0.717) is 12.0 Å². The predicted octanol–water partition coefficient (Wildman–Crippen LogP) is 4.52. The summed E-state index contributed by atoms with van der Waals surface area (Å²) in [6.07, 6.45) is 1.06. The molecule has 2 heterocycles. The van der Waals surface area contributed by atoms with Crippen LogP contribution in [0.25, 0.3) is 0 Å². The Balaban J connectivity index is 1.91. The third-order valence-corrected chi connectivity index (χ3v) is 5.89. The highest BCUT2D eigenvalue weighted by atomic mass is 79.9. The second-order valence-corrected chi connectivity index (χ2v) is 7.80. The van der Waals surface area contributed by atoms with Gasteiger partial charge in [-0.25, -0.2) is 0 Å². The molecule has 1 aromatic heterocycles. The van der Waals surface area contributed by atoms with Crippen LogP contribution < -0.4 is 10.6 Å². The SMILES string of the molecule is CC(c1ccc(Br)s1)N1CC(CCN)c2ccccc21. The second kappa shape index (κ2) is 5.88. The number of hydrogen-bond acceptors (Lipinski definition) is 3. The third kappa shape index (κ3) is 2.52. The van der Waals surface area contributed by atoms with Crippen LogP contribution in [0.15, 0.2) is 40.2 Å². The summed E-state index contributed by atoms with van der Waals surface area (Å²) < 4.78 is 1.20. The van der Waals surface area contributed by atoms with Crippen LogP contribution in [0.3, 0.4) is 0 Å². The fraction of sp³-hybridized carbons (Fsp3) is 0.375. The number of anilines is 1. The summed E-state index contributed by atoms with van der Waals surface area (Å²) >= 11 is 5.38. The van der Waals surface area contributed by atoms with Gasteiger partial charge in [0.25, 0.3) is 0 Å². The quantitative estimate of drug-likeness (QED) is 0.877. The lowest BCUT2D eigenvalue weighted by molar-refractivity contribution is 0.610. The van der Waals surface area contributed by atoms with Gasteiger partial charge in [0.1, 0.15) is 0 Å². The number of thiophene rings is 1. The molecule has 1 aliphatic rings. The Morgan fingerprint density at radius 2 is 2.15 bits per heavy atom. The molecule has 0 saturated carbocycles. The monoisotopic (exact) mass is 350 g/mol. The Kier molecular flexibility index (Phi) is 4.15. The van der Waals surface area contributed by atoms with E-state index in [0.717, 1.165) is 19.5 Å². The first-order valence-electron chi connectivity index (χ1n) is 7.01. The number of fused-ring (bicyclic) bond motifs is 1. The Labute approximate surface area is 132 Å². The average molecular weight is 351 g/mol. The van der Waals surface area contributed by atoms with E-state index in [1.165, 1.54) is 19.9 Å². The minimum absolute atomic E-state index is 0.412. The third-order valence-electron chi connectivity index (χ3n) is 4.09. The molecule has 2 nitrogen and oxygen atoms in total. The molecule has 0 radical (unpaired) electrons. The van der Waals surface area contributed by atoms with E-state index >= 15 is 0 Å². The van der Waals surface area contributed by atoms with Crippen LogP contribution in [0.5, 0.6) is 0 Å². The highest BCUT2D eigenvalue weighted by Crippen LogP contribution is 2.43. The van der Waals surface area contributed by atoms with E-state index in [1.807, 2.05) is 11.3 Å². The van der Waals surface area contributed by atoms with Crippen LogP contribution in [-0.4, -0.2) is 13.1 Å². The van der Waals surface area contributed by atoms with Crippen molar-refractivity contribution >= 4 is 33.0 Å². The normalized spacial score (nSPS) is 19.1. The van der Waals surface area contributed by atoms with Crippen molar-refractivity contribution in [2.75, 3.05) is 18.0 Å². The molecule has 2 unspecified atom stereocenters. The summed E-state index contributed by atoms with van der Waals surface area (Å²) in [7, 11) is 0. The molecule has 1 aliphatic heterocycles. The zero-order valence-electron chi connectivity index (χ0n) is 11.6. The maximum absolute atomic E-state index is 5.78. The second-order valence-electron chi connectivity index (χ2n) is 5.30. The molecule has 2 N–H and O–H groups in total. The summed E-state index contributed by atoms with van der Waals surface area (Å²) in [6, 6.07) is 13.5. The van der Waals surface area contributed by atoms with E-state index < -0.39 is 0 Å². The summed E-state index contributed by atoms with van der Waals surface area (Å²) in [4.78, 5) is 3.92. The van der Waals surface area contributed by atoms with Crippen LogP contribution in [-0.2, 0) is 0 Å². The molecule has 0 amide bonds. The molecule has 2 atom stereocenters. The fourth-order valence-corrected chi connectivity index (χ4v) is 4.54. The van der Waals surface area contributed by atoms with Gasteiger partial charge in [-0.3, -0.25) is 0 Å². The molecule has 2 aromatic rings. The lowest BCUT2D eigenvalue weighted by Crippen LogP contribution is -2.25. The van der Waals surface area contributed by atoms with Crippen molar-refractivity contribution in [2.45, 2.75) is 25.3 Å². The Morgan fingerprint density at radius 1 is 1.35 bits per heavy atom. The van der Waals surface area contributed by atoms with Gasteiger partial charge in [-0.2, -0.15) is 0 Å². The van der Waals surface area contributed by atoms with E-state index in [9.17, 15) is 0 Å². The summed E-state index contributed by atoms with van der Waals surface area (Å²) in [6.45, 7) is 4.12. The van der Waals surface area contributed by atoms with Gasteiger partial charge in [-0.1, -0.05) is 18.2 Å². The van der Waals surface area contributed by atoms with E-state index in [-0.39, 0.29) is 0 Å². The molecule has 0 fully saturated rings. The predicted molar refractivity (Wildman–Crippen MR) is 90.6 cm³/mol. The van der Waals surface area contributed by atoms with Crippen LogP contribution in [0.2, 0.25) is 0 Å². The number of nitrogens with zero attached hydrogens (tertiary/aromatic N) is 1. The molecule has 4 heteroatoms. The molecule has 0 aliphatic carbocycles. The molecule has 3 rings (SSSR count). The van der Waals surface area contributed by atoms with E-state index in [1.54, 1.807) is 0 Å². The van der Waals surface area contributed by atoms with Crippen LogP contribution >= 0.6 is 27.3 Å². The number of para-hydroxylation sites is 1. The average Bonchev–Trinajstić information content (AvgIpc) is 3.04. The van der Waals surface area contributed by atoms with Crippen LogP contribution in [0.4, 0.5) is 5.69 Å². The van der Waals surface area contributed by atoms with Crippen molar-refractivity contribution in [3.8, 4) is 0 Å². The summed E-state index contributed by atoms with van der Waals surface area (Å²) in [5.74, 6) is 0.571. The number of benzene rings is 1. The Morgan fingerprint density at radius 3 is 2.85 bits per heavy atom. The van der Waals surface area contributed by atoms with Crippen molar-refractivity contribution in [2.24, 2.45) is 5.73 Å². The number of rotatable bonds is 4. The van der Waals surface area contributed by atoms with Gasteiger partial charge in [0, 0.05) is 23.0 Å². The highest BCUT2D eigenvalue weighted by Gasteiger charge is 2.31. The smallest absolute Gasteiger partial charge is 0.0702 e. The van der Waals surface area contributed by atoms with E-state index in [4.69, 9.17) is 5.73 Å². The van der Waals surface area contributed by atoms with Gasteiger partial charge in [0.05, 0.1) is 9.83 Å². The van der Waals surface area contributed by atoms with Crippen molar-refractivity contribution in [1.29, 1.82) is 0 Å². The van der Waals surface area contributed by atoms with Gasteiger partial charge < -0.3 is 10.6 Å². The molecule has 0 spiro atoms. The van der Waals surface area contributed by atoms with Crippen molar-refractivity contribution in [1.82, 2.24) is 0 Å². The Hall–Kier alpha value is -0.840. The first-order chi connectivity index (χ1) is 9.70. The van der Waals surface area contributed by atoms with Gasteiger partial charge in [-0.05, 0) is 59.6 Å². The first kappa shape index (κ1) is 14.1. The van der Waals surface area contributed by atoms with Gasteiger partial charge in [0.15, 0.2) is 0 Å². The molecule has 0 bridgehead atoms. The van der Waals surface area contributed by atoms with Crippen LogP contribution in [0, 0.1) is 0 Å². The molecule has 20 heavy (non-hydrogen) atoms. The standard InChI is InChI=1S/C16H19BrN2S/c1-11(15-6-7-16(17)20-15)19-10-12(8-9-18)13-4-2-3-5-14(13)19/h2-7,11-12H,8-10,18H2,1H3.